The van der Waals surface area contributed by atoms with Crippen molar-refractivity contribution >= 4 is 5.96 Å². The number of morpholine rings is 1. The van der Waals surface area contributed by atoms with Gasteiger partial charge < -0.3 is 24.4 Å². The van der Waals surface area contributed by atoms with Crippen LogP contribution in [0.1, 0.15) is 19.8 Å². The van der Waals surface area contributed by atoms with Crippen molar-refractivity contribution in [1.29, 1.82) is 0 Å². The number of rotatable bonds is 5. The first-order valence-electron chi connectivity index (χ1n) is 9.17. The molecule has 2 fully saturated rings. The molecule has 2 saturated heterocycles. The van der Waals surface area contributed by atoms with Crippen LogP contribution in [0.4, 0.5) is 0 Å². The molecule has 0 saturated carbocycles. The summed E-state index contributed by atoms with van der Waals surface area (Å²) in [5.41, 5.74) is 0. The summed E-state index contributed by atoms with van der Waals surface area (Å²) in [5, 5.41) is 3.42. The van der Waals surface area contributed by atoms with E-state index < -0.39 is 0 Å². The molecule has 0 bridgehead atoms. The number of nitrogens with zero attached hydrogens (tertiary/aromatic N) is 2. The molecule has 2 heterocycles. The molecule has 0 aliphatic carbocycles. The lowest BCUT2D eigenvalue weighted by molar-refractivity contribution is -0.0817. The van der Waals surface area contributed by atoms with Gasteiger partial charge in [0.25, 0.3) is 0 Å². The van der Waals surface area contributed by atoms with Crippen LogP contribution in [-0.2, 0) is 9.47 Å². The highest BCUT2D eigenvalue weighted by Gasteiger charge is 2.32. The van der Waals surface area contributed by atoms with E-state index in [1.807, 2.05) is 37.4 Å². The van der Waals surface area contributed by atoms with E-state index in [9.17, 15) is 0 Å². The quantitative estimate of drug-likeness (QED) is 0.651. The molecule has 3 atom stereocenters. The first-order valence-corrected chi connectivity index (χ1v) is 9.17. The van der Waals surface area contributed by atoms with E-state index in [0.717, 1.165) is 44.2 Å². The second-order valence-electron chi connectivity index (χ2n) is 6.58. The molecule has 3 rings (SSSR count). The molecular formula is C19H29N3O3. The van der Waals surface area contributed by atoms with E-state index in [0.29, 0.717) is 13.2 Å². The Kier molecular flexibility index (Phi) is 6.53. The number of ether oxygens (including phenoxy) is 3. The zero-order valence-electron chi connectivity index (χ0n) is 15.2. The van der Waals surface area contributed by atoms with E-state index in [1.165, 1.54) is 0 Å². The predicted molar refractivity (Wildman–Crippen MR) is 98.2 cm³/mol. The highest BCUT2D eigenvalue weighted by molar-refractivity contribution is 5.80. The fourth-order valence-corrected chi connectivity index (χ4v) is 3.33. The Hall–Kier alpha value is -1.79. The molecule has 3 unspecified atom stereocenters. The zero-order valence-corrected chi connectivity index (χ0v) is 15.2. The normalized spacial score (nSPS) is 25.7. The summed E-state index contributed by atoms with van der Waals surface area (Å²) in [6.45, 7) is 5.98. The highest BCUT2D eigenvalue weighted by Crippen LogP contribution is 2.21. The third-order valence-electron chi connectivity index (χ3n) is 4.61. The number of hydrogen-bond donors (Lipinski definition) is 1. The SMILES string of the molecule is CN=C(NCC(C)Oc1ccccc1)N1CCOC(C2CCCO2)C1. The second-order valence-corrected chi connectivity index (χ2v) is 6.58. The molecule has 6 nitrogen and oxygen atoms in total. The van der Waals surface area contributed by atoms with Gasteiger partial charge in [-0.05, 0) is 31.9 Å². The average molecular weight is 347 g/mol. The highest BCUT2D eigenvalue weighted by atomic mass is 16.5. The number of nitrogens with one attached hydrogen (secondary N) is 1. The molecule has 0 aromatic heterocycles. The largest absolute Gasteiger partial charge is 0.489 e. The van der Waals surface area contributed by atoms with E-state index in [1.54, 1.807) is 0 Å². The molecule has 2 aliphatic rings. The van der Waals surface area contributed by atoms with Crippen molar-refractivity contribution in [3.63, 3.8) is 0 Å². The van der Waals surface area contributed by atoms with E-state index in [-0.39, 0.29) is 18.3 Å². The molecule has 6 heteroatoms. The molecule has 1 aromatic carbocycles. The number of benzene rings is 1. The maximum atomic E-state index is 5.92. The lowest BCUT2D eigenvalue weighted by Gasteiger charge is -2.37. The van der Waals surface area contributed by atoms with Crippen molar-refractivity contribution in [2.45, 2.75) is 38.1 Å². The van der Waals surface area contributed by atoms with Crippen molar-refractivity contribution in [1.82, 2.24) is 10.2 Å². The van der Waals surface area contributed by atoms with E-state index >= 15 is 0 Å². The Balaban J connectivity index is 1.48. The minimum atomic E-state index is 0.0501. The number of para-hydroxylation sites is 1. The molecule has 2 aliphatic heterocycles. The van der Waals surface area contributed by atoms with Crippen LogP contribution in [0.15, 0.2) is 35.3 Å². The van der Waals surface area contributed by atoms with Gasteiger partial charge in [-0.15, -0.1) is 0 Å². The van der Waals surface area contributed by atoms with Crippen molar-refractivity contribution in [3.05, 3.63) is 30.3 Å². The van der Waals surface area contributed by atoms with E-state index in [2.05, 4.69) is 22.1 Å². The predicted octanol–water partition coefficient (Wildman–Crippen LogP) is 1.91. The number of hydrogen-bond acceptors (Lipinski definition) is 4. The van der Waals surface area contributed by atoms with Gasteiger partial charge in [-0.3, -0.25) is 4.99 Å². The van der Waals surface area contributed by atoms with Crippen LogP contribution < -0.4 is 10.1 Å². The zero-order chi connectivity index (χ0) is 17.5. The van der Waals surface area contributed by atoms with Gasteiger partial charge in [0, 0.05) is 26.7 Å². The molecular weight excluding hydrogens is 318 g/mol. The van der Waals surface area contributed by atoms with Crippen LogP contribution >= 0.6 is 0 Å². The summed E-state index contributed by atoms with van der Waals surface area (Å²) in [6.07, 6.45) is 2.63. The van der Waals surface area contributed by atoms with E-state index in [4.69, 9.17) is 14.2 Å². The molecule has 0 radical (unpaired) electrons. The van der Waals surface area contributed by atoms with Crippen LogP contribution in [0.5, 0.6) is 5.75 Å². The van der Waals surface area contributed by atoms with Crippen LogP contribution in [0.25, 0.3) is 0 Å². The van der Waals surface area contributed by atoms with Gasteiger partial charge in [0.05, 0.1) is 19.3 Å². The third-order valence-corrected chi connectivity index (χ3v) is 4.61. The summed E-state index contributed by atoms with van der Waals surface area (Å²) in [7, 11) is 1.82. The first-order chi connectivity index (χ1) is 12.3. The van der Waals surface area contributed by atoms with Crippen molar-refractivity contribution in [3.8, 4) is 5.75 Å². The van der Waals surface area contributed by atoms with Crippen LogP contribution in [-0.4, -0.2) is 69.1 Å². The number of guanidine groups is 1. The molecule has 0 spiro atoms. The fourth-order valence-electron chi connectivity index (χ4n) is 3.33. The van der Waals surface area contributed by atoms with Crippen LogP contribution in [0.3, 0.4) is 0 Å². The second kappa shape index (κ2) is 9.06. The van der Waals surface area contributed by atoms with Gasteiger partial charge in [0.1, 0.15) is 18.0 Å². The minimum absolute atomic E-state index is 0.0501. The monoisotopic (exact) mass is 347 g/mol. The van der Waals surface area contributed by atoms with Gasteiger partial charge in [0.15, 0.2) is 5.96 Å². The summed E-state index contributed by atoms with van der Waals surface area (Å²) in [4.78, 5) is 6.69. The van der Waals surface area contributed by atoms with Gasteiger partial charge in [0.2, 0.25) is 0 Å². The Morgan fingerprint density at radius 2 is 2.08 bits per heavy atom. The third kappa shape index (κ3) is 5.09. The Morgan fingerprint density at radius 3 is 2.80 bits per heavy atom. The van der Waals surface area contributed by atoms with Crippen LogP contribution in [0.2, 0.25) is 0 Å². The molecule has 1 N–H and O–H groups in total. The maximum absolute atomic E-state index is 5.92. The van der Waals surface area contributed by atoms with Crippen molar-refractivity contribution < 1.29 is 14.2 Å². The maximum Gasteiger partial charge on any atom is 0.193 e. The molecule has 138 valence electrons. The lowest BCUT2D eigenvalue weighted by Crippen LogP contribution is -2.54. The Labute approximate surface area is 150 Å². The Bertz CT molecular complexity index is 546. The molecule has 1 aromatic rings. The average Bonchev–Trinajstić information content (AvgIpc) is 3.18. The van der Waals surface area contributed by atoms with Crippen molar-refractivity contribution in [2.75, 3.05) is 39.9 Å². The smallest absolute Gasteiger partial charge is 0.193 e. The standard InChI is InChI=1S/C19H29N3O3/c1-15(25-16-7-4-3-5-8-16)13-21-19(20-2)22-10-12-24-18(14-22)17-9-6-11-23-17/h3-5,7-8,15,17-18H,6,9-14H2,1-2H3,(H,20,21). The number of aliphatic imine (C=N–C) groups is 1. The van der Waals surface area contributed by atoms with Crippen molar-refractivity contribution in [2.24, 2.45) is 4.99 Å². The fraction of sp³-hybridized carbons (Fsp3) is 0.632. The molecule has 0 amide bonds. The van der Waals surface area contributed by atoms with Gasteiger partial charge in [-0.2, -0.15) is 0 Å². The molecule has 25 heavy (non-hydrogen) atoms. The Morgan fingerprint density at radius 1 is 1.28 bits per heavy atom. The minimum Gasteiger partial charge on any atom is -0.489 e. The van der Waals surface area contributed by atoms with Gasteiger partial charge in [-0.1, -0.05) is 18.2 Å². The topological polar surface area (TPSA) is 55.3 Å². The van der Waals surface area contributed by atoms with Gasteiger partial charge >= 0.3 is 0 Å². The summed E-state index contributed by atoms with van der Waals surface area (Å²) in [6, 6.07) is 9.89. The lowest BCUT2D eigenvalue weighted by atomic mass is 10.1. The van der Waals surface area contributed by atoms with Crippen LogP contribution in [0, 0.1) is 0 Å². The summed E-state index contributed by atoms with van der Waals surface area (Å²) in [5.74, 6) is 1.78. The summed E-state index contributed by atoms with van der Waals surface area (Å²) >= 11 is 0. The van der Waals surface area contributed by atoms with Gasteiger partial charge in [-0.25, -0.2) is 0 Å². The first kappa shape index (κ1) is 18.0. The summed E-state index contributed by atoms with van der Waals surface area (Å²) < 4.78 is 17.6.